The number of rotatable bonds is 1. The summed E-state index contributed by atoms with van der Waals surface area (Å²) in [6.07, 6.45) is 0. The van der Waals surface area contributed by atoms with Crippen molar-refractivity contribution in [3.63, 3.8) is 0 Å². The van der Waals surface area contributed by atoms with Gasteiger partial charge in [0.05, 0.1) is 29.2 Å². The normalized spacial score (nSPS) is 17.3. The van der Waals surface area contributed by atoms with Crippen LogP contribution in [-0.4, -0.2) is 39.6 Å². The molecule has 19 heavy (non-hydrogen) atoms. The third kappa shape index (κ3) is 2.17. The smallest absolute Gasteiger partial charge is 0.272 e. The molecule has 1 aromatic carbocycles. The fraction of sp³-hybridized carbons (Fsp3) is 0.286. The lowest BCUT2D eigenvalue weighted by molar-refractivity contribution is -0.0670. The van der Waals surface area contributed by atoms with E-state index < -0.39 is 5.60 Å². The van der Waals surface area contributed by atoms with Gasteiger partial charge in [0.15, 0.2) is 0 Å². The van der Waals surface area contributed by atoms with Crippen LogP contribution in [0.25, 0.3) is 10.9 Å². The summed E-state index contributed by atoms with van der Waals surface area (Å²) in [5, 5.41) is 11.0. The Morgan fingerprint density at radius 3 is 2.79 bits per heavy atom. The molecule has 4 nitrogen and oxygen atoms in total. The van der Waals surface area contributed by atoms with Crippen LogP contribution in [0.4, 0.5) is 0 Å². The number of pyridine rings is 1. The van der Waals surface area contributed by atoms with E-state index in [4.69, 9.17) is 11.6 Å². The lowest BCUT2D eigenvalue weighted by Gasteiger charge is -2.43. The second kappa shape index (κ2) is 4.18. The van der Waals surface area contributed by atoms with Crippen LogP contribution in [0, 0.1) is 0 Å². The molecule has 2 heterocycles. The van der Waals surface area contributed by atoms with Crippen molar-refractivity contribution in [3.05, 3.63) is 41.0 Å². The molecular formula is C14H13ClN2O2. The zero-order chi connectivity index (χ0) is 13.6. The Bertz CT molecular complexity index is 662. The van der Waals surface area contributed by atoms with E-state index in [-0.39, 0.29) is 5.91 Å². The summed E-state index contributed by atoms with van der Waals surface area (Å²) in [4.78, 5) is 18.1. The van der Waals surface area contributed by atoms with Crippen LogP contribution in [0.5, 0.6) is 0 Å². The zero-order valence-corrected chi connectivity index (χ0v) is 11.2. The molecule has 0 spiro atoms. The summed E-state index contributed by atoms with van der Waals surface area (Å²) in [5.74, 6) is -0.195. The lowest BCUT2D eigenvalue weighted by Crippen LogP contribution is -2.61. The van der Waals surface area contributed by atoms with Crippen molar-refractivity contribution in [1.82, 2.24) is 9.88 Å². The van der Waals surface area contributed by atoms with Crippen molar-refractivity contribution in [1.29, 1.82) is 0 Å². The van der Waals surface area contributed by atoms with Crippen LogP contribution in [0.15, 0.2) is 30.3 Å². The summed E-state index contributed by atoms with van der Waals surface area (Å²) >= 11 is 6.17. The van der Waals surface area contributed by atoms with Gasteiger partial charge in [-0.1, -0.05) is 29.8 Å². The van der Waals surface area contributed by atoms with Gasteiger partial charge in [-0.25, -0.2) is 4.98 Å². The summed E-state index contributed by atoms with van der Waals surface area (Å²) in [7, 11) is 0. The number of benzene rings is 1. The molecule has 1 aliphatic rings. The van der Waals surface area contributed by atoms with Crippen LogP contribution in [0.3, 0.4) is 0 Å². The Labute approximate surface area is 115 Å². The fourth-order valence-electron chi connectivity index (χ4n) is 2.32. The number of para-hydroxylation sites is 1. The molecule has 0 saturated carbocycles. The topological polar surface area (TPSA) is 53.4 Å². The van der Waals surface area contributed by atoms with Crippen molar-refractivity contribution in [2.75, 3.05) is 13.1 Å². The van der Waals surface area contributed by atoms with Gasteiger partial charge in [0, 0.05) is 5.39 Å². The number of amides is 1. The number of carbonyl (C=O) groups excluding carboxylic acids is 1. The molecule has 1 saturated heterocycles. The molecule has 98 valence electrons. The number of aliphatic hydroxyl groups is 1. The zero-order valence-electron chi connectivity index (χ0n) is 10.4. The van der Waals surface area contributed by atoms with Gasteiger partial charge in [0.2, 0.25) is 0 Å². The molecule has 0 aliphatic carbocycles. The molecule has 1 fully saturated rings. The van der Waals surface area contributed by atoms with Crippen LogP contribution in [0.2, 0.25) is 5.02 Å². The maximum atomic E-state index is 12.2. The number of β-amino-alcohol motifs (C(OH)–C–C–N with tert-alkyl or cyclic N) is 1. The fourth-order valence-corrected chi connectivity index (χ4v) is 2.59. The molecule has 0 radical (unpaired) electrons. The molecule has 1 aromatic heterocycles. The number of likely N-dealkylation sites (tertiary alicyclic amines) is 1. The van der Waals surface area contributed by atoms with Crippen molar-refractivity contribution >= 4 is 28.4 Å². The summed E-state index contributed by atoms with van der Waals surface area (Å²) in [6, 6.07) is 9.01. The van der Waals surface area contributed by atoms with E-state index in [1.165, 1.54) is 0 Å². The molecular weight excluding hydrogens is 264 g/mol. The van der Waals surface area contributed by atoms with Gasteiger partial charge >= 0.3 is 0 Å². The average molecular weight is 277 g/mol. The first-order chi connectivity index (χ1) is 8.96. The maximum absolute atomic E-state index is 12.2. The van der Waals surface area contributed by atoms with Crippen molar-refractivity contribution in [2.24, 2.45) is 0 Å². The van der Waals surface area contributed by atoms with Gasteiger partial charge in [-0.05, 0) is 19.1 Å². The van der Waals surface area contributed by atoms with Crippen LogP contribution < -0.4 is 0 Å². The van der Waals surface area contributed by atoms with Crippen LogP contribution in [0.1, 0.15) is 17.4 Å². The van der Waals surface area contributed by atoms with Crippen molar-refractivity contribution in [3.8, 4) is 0 Å². The number of halogens is 1. The number of fused-ring (bicyclic) bond motifs is 1. The van der Waals surface area contributed by atoms with Crippen LogP contribution >= 0.6 is 11.6 Å². The highest BCUT2D eigenvalue weighted by atomic mass is 35.5. The molecule has 3 rings (SSSR count). The maximum Gasteiger partial charge on any atom is 0.272 e. The van der Waals surface area contributed by atoms with Crippen molar-refractivity contribution in [2.45, 2.75) is 12.5 Å². The first-order valence-electron chi connectivity index (χ1n) is 6.03. The van der Waals surface area contributed by atoms with Gasteiger partial charge in [-0.15, -0.1) is 0 Å². The minimum absolute atomic E-state index is 0.195. The Balaban J connectivity index is 1.95. The molecule has 1 amide bonds. The Kier molecular flexibility index (Phi) is 2.73. The first kappa shape index (κ1) is 12.4. The number of carbonyl (C=O) groups is 1. The van der Waals surface area contributed by atoms with Crippen LogP contribution in [-0.2, 0) is 0 Å². The van der Waals surface area contributed by atoms with Gasteiger partial charge in [-0.3, -0.25) is 4.79 Å². The highest BCUT2D eigenvalue weighted by molar-refractivity contribution is 6.35. The molecule has 0 unspecified atom stereocenters. The van der Waals surface area contributed by atoms with Gasteiger partial charge in [-0.2, -0.15) is 0 Å². The quantitative estimate of drug-likeness (QED) is 0.868. The number of hydrogen-bond acceptors (Lipinski definition) is 3. The summed E-state index contributed by atoms with van der Waals surface area (Å²) in [5.41, 5.74) is 0.237. The number of hydrogen-bond donors (Lipinski definition) is 1. The van der Waals surface area contributed by atoms with E-state index in [9.17, 15) is 9.90 Å². The average Bonchev–Trinajstić information content (AvgIpc) is 2.35. The van der Waals surface area contributed by atoms with E-state index in [0.717, 1.165) is 5.39 Å². The minimum atomic E-state index is -0.781. The molecule has 0 bridgehead atoms. The molecule has 0 atom stereocenters. The third-order valence-corrected chi connectivity index (χ3v) is 3.55. The molecule has 1 aliphatic heterocycles. The monoisotopic (exact) mass is 276 g/mol. The summed E-state index contributed by atoms with van der Waals surface area (Å²) in [6.45, 7) is 2.37. The second-order valence-electron chi connectivity index (χ2n) is 5.16. The predicted molar refractivity (Wildman–Crippen MR) is 73.3 cm³/mol. The van der Waals surface area contributed by atoms with E-state index in [0.29, 0.717) is 29.3 Å². The van der Waals surface area contributed by atoms with Gasteiger partial charge < -0.3 is 10.0 Å². The lowest BCUT2D eigenvalue weighted by atomic mass is 9.96. The number of aromatic nitrogens is 1. The second-order valence-corrected chi connectivity index (χ2v) is 5.57. The van der Waals surface area contributed by atoms with E-state index >= 15 is 0 Å². The SMILES string of the molecule is CC1(O)CN(C(=O)c2cc(Cl)c3ccccc3n2)C1. The Hall–Kier alpha value is -1.65. The summed E-state index contributed by atoms with van der Waals surface area (Å²) < 4.78 is 0. The van der Waals surface area contributed by atoms with Gasteiger partial charge in [0.25, 0.3) is 5.91 Å². The number of nitrogens with zero attached hydrogens (tertiary/aromatic N) is 2. The third-order valence-electron chi connectivity index (χ3n) is 3.24. The minimum Gasteiger partial charge on any atom is -0.386 e. The highest BCUT2D eigenvalue weighted by Crippen LogP contribution is 2.26. The van der Waals surface area contributed by atoms with E-state index in [1.54, 1.807) is 17.9 Å². The van der Waals surface area contributed by atoms with E-state index in [1.807, 2.05) is 24.3 Å². The molecule has 2 aromatic rings. The Morgan fingerprint density at radius 2 is 2.11 bits per heavy atom. The molecule has 1 N–H and O–H groups in total. The van der Waals surface area contributed by atoms with E-state index in [2.05, 4.69) is 4.98 Å². The van der Waals surface area contributed by atoms with Crippen molar-refractivity contribution < 1.29 is 9.90 Å². The first-order valence-corrected chi connectivity index (χ1v) is 6.41. The van der Waals surface area contributed by atoms with Gasteiger partial charge in [0.1, 0.15) is 5.69 Å². The highest BCUT2D eigenvalue weighted by Gasteiger charge is 2.40. The molecule has 5 heteroatoms. The predicted octanol–water partition coefficient (Wildman–Crippen LogP) is 2.10. The standard InChI is InChI=1S/C14H13ClN2O2/c1-14(19)7-17(8-14)13(18)12-6-10(15)9-4-2-3-5-11(9)16-12/h2-6,19H,7-8H2,1H3. The Morgan fingerprint density at radius 1 is 1.42 bits per heavy atom. The largest absolute Gasteiger partial charge is 0.386 e.